The quantitative estimate of drug-likeness (QED) is 0.493. The van der Waals surface area contributed by atoms with Crippen LogP contribution in [0.5, 0.6) is 11.5 Å². The molecule has 2 aromatic rings. The lowest BCUT2D eigenvalue weighted by Crippen LogP contribution is -2.29. The Labute approximate surface area is 182 Å². The number of methoxy groups -OCH3 is 1. The Morgan fingerprint density at radius 1 is 1.10 bits per heavy atom. The number of anilines is 1. The van der Waals surface area contributed by atoms with Crippen LogP contribution in [0.4, 0.5) is 11.4 Å². The van der Waals surface area contributed by atoms with Crippen LogP contribution in [-0.2, 0) is 0 Å². The van der Waals surface area contributed by atoms with Gasteiger partial charge in [-0.2, -0.15) is 0 Å². The summed E-state index contributed by atoms with van der Waals surface area (Å²) in [5, 5.41) is 14.2. The molecule has 1 fully saturated rings. The van der Waals surface area contributed by atoms with Crippen LogP contribution in [0.25, 0.3) is 0 Å². The monoisotopic (exact) mass is 427 g/mol. The van der Waals surface area contributed by atoms with Crippen molar-refractivity contribution in [3.63, 3.8) is 0 Å². The minimum absolute atomic E-state index is 0.00903. The van der Waals surface area contributed by atoms with Crippen molar-refractivity contribution < 1.29 is 19.2 Å². The number of nitrogens with one attached hydrogen (secondary N) is 1. The summed E-state index contributed by atoms with van der Waals surface area (Å²) in [6.07, 6.45) is 2.09. The van der Waals surface area contributed by atoms with E-state index in [1.165, 1.54) is 12.1 Å². The first kappa shape index (κ1) is 22.4. The van der Waals surface area contributed by atoms with E-state index in [0.29, 0.717) is 17.1 Å². The summed E-state index contributed by atoms with van der Waals surface area (Å²) < 4.78 is 11.2. The van der Waals surface area contributed by atoms with Crippen molar-refractivity contribution in [3.05, 3.63) is 57.6 Å². The number of hydrogen-bond acceptors (Lipinski definition) is 6. The highest BCUT2D eigenvalue weighted by Crippen LogP contribution is 2.32. The van der Waals surface area contributed by atoms with Crippen molar-refractivity contribution in [3.8, 4) is 11.5 Å². The molecule has 0 spiro atoms. The Morgan fingerprint density at radius 3 is 2.42 bits per heavy atom. The first-order chi connectivity index (χ1) is 14.8. The van der Waals surface area contributed by atoms with Gasteiger partial charge in [0.05, 0.1) is 35.4 Å². The van der Waals surface area contributed by atoms with Crippen LogP contribution in [0.2, 0.25) is 0 Å². The number of carbonyl (C=O) groups is 1. The molecule has 1 unspecified atom stereocenters. The molecule has 1 aliphatic rings. The molecule has 166 valence electrons. The Morgan fingerprint density at radius 2 is 1.81 bits per heavy atom. The fourth-order valence-corrected chi connectivity index (χ4v) is 3.72. The number of benzene rings is 2. The van der Waals surface area contributed by atoms with E-state index in [9.17, 15) is 14.9 Å². The molecule has 2 aromatic carbocycles. The van der Waals surface area contributed by atoms with Gasteiger partial charge in [-0.3, -0.25) is 14.9 Å². The first-order valence-electron chi connectivity index (χ1n) is 10.5. The summed E-state index contributed by atoms with van der Waals surface area (Å²) >= 11 is 0. The van der Waals surface area contributed by atoms with Crippen LogP contribution >= 0.6 is 0 Å². The van der Waals surface area contributed by atoms with Crippen LogP contribution in [0, 0.1) is 10.1 Å². The van der Waals surface area contributed by atoms with Gasteiger partial charge in [-0.15, -0.1) is 0 Å². The number of nitrogens with zero attached hydrogens (tertiary/aromatic N) is 2. The predicted molar refractivity (Wildman–Crippen MR) is 119 cm³/mol. The molecule has 0 radical (unpaired) electrons. The van der Waals surface area contributed by atoms with Gasteiger partial charge in [-0.05, 0) is 57.4 Å². The third kappa shape index (κ3) is 5.25. The molecule has 8 heteroatoms. The summed E-state index contributed by atoms with van der Waals surface area (Å²) in [5.41, 5.74) is 1.79. The van der Waals surface area contributed by atoms with E-state index < -0.39 is 4.92 Å². The van der Waals surface area contributed by atoms with E-state index in [1.807, 2.05) is 39.0 Å². The fraction of sp³-hybridized carbons (Fsp3) is 0.435. The average molecular weight is 428 g/mol. The molecule has 31 heavy (non-hydrogen) atoms. The average Bonchev–Trinajstić information content (AvgIpc) is 3.27. The van der Waals surface area contributed by atoms with Crippen molar-refractivity contribution >= 4 is 17.3 Å². The number of rotatable bonds is 8. The second kappa shape index (κ2) is 9.68. The smallest absolute Gasteiger partial charge is 0.270 e. The highest BCUT2D eigenvalue weighted by molar-refractivity contribution is 6.00. The molecule has 1 atom stereocenters. The van der Waals surface area contributed by atoms with Crippen molar-refractivity contribution in [2.24, 2.45) is 0 Å². The molecule has 0 aromatic heterocycles. The van der Waals surface area contributed by atoms with E-state index >= 15 is 0 Å². The lowest BCUT2D eigenvalue weighted by molar-refractivity contribution is -0.384. The third-order valence-electron chi connectivity index (χ3n) is 5.28. The largest absolute Gasteiger partial charge is 0.493 e. The van der Waals surface area contributed by atoms with Crippen LogP contribution in [0.1, 0.15) is 55.6 Å². The first-order valence-corrected chi connectivity index (χ1v) is 10.5. The maximum atomic E-state index is 13.1. The highest BCUT2D eigenvalue weighted by Gasteiger charge is 2.24. The van der Waals surface area contributed by atoms with E-state index in [1.54, 1.807) is 13.2 Å². The second-order valence-electron chi connectivity index (χ2n) is 7.92. The molecule has 1 amide bonds. The zero-order chi connectivity index (χ0) is 22.5. The van der Waals surface area contributed by atoms with E-state index in [2.05, 4.69) is 10.2 Å². The van der Waals surface area contributed by atoms with Crippen LogP contribution < -0.4 is 19.7 Å². The molecular weight excluding hydrogens is 398 g/mol. The molecule has 1 saturated heterocycles. The van der Waals surface area contributed by atoms with Crippen LogP contribution in [-0.4, -0.2) is 37.1 Å². The highest BCUT2D eigenvalue weighted by atomic mass is 16.6. The molecular formula is C23H29N3O5. The van der Waals surface area contributed by atoms with Gasteiger partial charge in [0.25, 0.3) is 11.6 Å². The second-order valence-corrected chi connectivity index (χ2v) is 7.92. The van der Waals surface area contributed by atoms with Gasteiger partial charge >= 0.3 is 0 Å². The number of nitro benzene ring substituents is 1. The number of hydrogen-bond donors (Lipinski definition) is 1. The zero-order valence-electron chi connectivity index (χ0n) is 18.4. The summed E-state index contributed by atoms with van der Waals surface area (Å²) in [5.74, 6) is 0.870. The third-order valence-corrected chi connectivity index (χ3v) is 5.28. The van der Waals surface area contributed by atoms with Gasteiger partial charge < -0.3 is 19.7 Å². The SMILES string of the molecule is COc1cc(C(C)NC(=O)c2cc([N+](=O)[O-])ccc2N2CCCC2)ccc1OC(C)C. The summed E-state index contributed by atoms with van der Waals surface area (Å²) in [6.45, 7) is 7.41. The molecule has 1 aliphatic heterocycles. The minimum atomic E-state index is -0.480. The Kier molecular flexibility index (Phi) is 6.99. The maximum Gasteiger partial charge on any atom is 0.270 e. The van der Waals surface area contributed by atoms with Gasteiger partial charge in [-0.25, -0.2) is 0 Å². The molecule has 8 nitrogen and oxygen atoms in total. The minimum Gasteiger partial charge on any atom is -0.493 e. The number of amides is 1. The van der Waals surface area contributed by atoms with Gasteiger partial charge in [-0.1, -0.05) is 6.07 Å². The summed E-state index contributed by atoms with van der Waals surface area (Å²) in [4.78, 5) is 26.0. The molecule has 1 N–H and O–H groups in total. The number of non-ortho nitro benzene ring substituents is 1. The number of carbonyl (C=O) groups excluding carboxylic acids is 1. The topological polar surface area (TPSA) is 93.9 Å². The van der Waals surface area contributed by atoms with Crippen molar-refractivity contribution in [1.29, 1.82) is 0 Å². The molecule has 1 heterocycles. The van der Waals surface area contributed by atoms with Gasteiger partial charge in [0.15, 0.2) is 11.5 Å². The van der Waals surface area contributed by atoms with Gasteiger partial charge in [0, 0.05) is 25.2 Å². The number of ether oxygens (including phenoxy) is 2. The predicted octanol–water partition coefficient (Wildman–Crippen LogP) is 4.48. The van der Waals surface area contributed by atoms with Gasteiger partial charge in [0.2, 0.25) is 0 Å². The van der Waals surface area contributed by atoms with Crippen molar-refractivity contribution in [2.75, 3.05) is 25.1 Å². The molecule has 3 rings (SSSR count). The molecule has 0 aliphatic carbocycles. The fourth-order valence-electron chi connectivity index (χ4n) is 3.72. The normalized spacial score (nSPS) is 14.4. The zero-order valence-corrected chi connectivity index (χ0v) is 18.4. The Bertz CT molecular complexity index is 954. The lowest BCUT2D eigenvalue weighted by atomic mass is 10.1. The lowest BCUT2D eigenvalue weighted by Gasteiger charge is -2.22. The number of nitro groups is 1. The van der Waals surface area contributed by atoms with Crippen LogP contribution in [0.15, 0.2) is 36.4 Å². The Hall–Kier alpha value is -3.29. The van der Waals surface area contributed by atoms with E-state index in [0.717, 1.165) is 37.2 Å². The summed E-state index contributed by atoms with van der Waals surface area (Å²) in [7, 11) is 1.57. The van der Waals surface area contributed by atoms with E-state index in [-0.39, 0.29) is 23.7 Å². The van der Waals surface area contributed by atoms with Gasteiger partial charge in [0.1, 0.15) is 0 Å². The summed E-state index contributed by atoms with van der Waals surface area (Å²) in [6, 6.07) is 9.67. The van der Waals surface area contributed by atoms with Crippen molar-refractivity contribution in [2.45, 2.75) is 45.8 Å². The van der Waals surface area contributed by atoms with Crippen LogP contribution in [0.3, 0.4) is 0 Å². The molecule has 0 bridgehead atoms. The van der Waals surface area contributed by atoms with E-state index in [4.69, 9.17) is 9.47 Å². The van der Waals surface area contributed by atoms with Crippen molar-refractivity contribution in [1.82, 2.24) is 5.32 Å². The maximum absolute atomic E-state index is 13.1. The Balaban J connectivity index is 1.85. The standard InChI is InChI=1S/C23H29N3O5/c1-15(2)31-21-10-7-17(13-22(21)30-4)16(3)24-23(27)19-14-18(26(28)29)8-9-20(19)25-11-5-6-12-25/h7-10,13-16H,5-6,11-12H2,1-4H3,(H,24,27). The molecule has 0 saturated carbocycles.